The van der Waals surface area contributed by atoms with E-state index in [-0.39, 0.29) is 5.91 Å². The van der Waals surface area contributed by atoms with Crippen LogP contribution < -0.4 is 5.32 Å². The van der Waals surface area contributed by atoms with Crippen LogP contribution in [0.5, 0.6) is 0 Å². The van der Waals surface area contributed by atoms with Crippen molar-refractivity contribution in [2.24, 2.45) is 0 Å². The highest BCUT2D eigenvalue weighted by Gasteiger charge is 2.15. The number of pyridine rings is 1. The van der Waals surface area contributed by atoms with Crippen molar-refractivity contribution in [3.63, 3.8) is 0 Å². The van der Waals surface area contributed by atoms with Crippen LogP contribution in [0.1, 0.15) is 48.1 Å². The van der Waals surface area contributed by atoms with Crippen molar-refractivity contribution >= 4 is 39.9 Å². The first-order chi connectivity index (χ1) is 15.4. The Morgan fingerprint density at radius 1 is 1.00 bits per heavy atom. The molecule has 0 atom stereocenters. The van der Waals surface area contributed by atoms with Crippen LogP contribution in [-0.2, 0) is 17.6 Å². The molecule has 2 aromatic carbocycles. The van der Waals surface area contributed by atoms with Gasteiger partial charge in [0.2, 0.25) is 5.91 Å². The fourth-order valence-electron chi connectivity index (χ4n) is 4.35. The Hall–Kier alpha value is -2.86. The third-order valence-electron chi connectivity index (χ3n) is 5.92. The van der Waals surface area contributed by atoms with Crippen LogP contribution in [-0.4, -0.2) is 26.3 Å². The zero-order chi connectivity index (χ0) is 22.8. The number of thioether (sulfide) groups is 1. The van der Waals surface area contributed by atoms with Gasteiger partial charge in [0.15, 0.2) is 10.8 Å². The van der Waals surface area contributed by atoms with Crippen LogP contribution in [0.25, 0.3) is 16.6 Å². The minimum atomic E-state index is 0.0365. The molecule has 6 heteroatoms. The number of carbonyl (C=O) groups is 1. The molecule has 1 N–H and O–H groups in total. The van der Waals surface area contributed by atoms with Crippen LogP contribution >= 0.6 is 11.8 Å². The van der Waals surface area contributed by atoms with E-state index in [0.717, 1.165) is 34.8 Å². The van der Waals surface area contributed by atoms with E-state index in [0.29, 0.717) is 12.2 Å². The van der Waals surface area contributed by atoms with Crippen LogP contribution in [0, 0.1) is 20.8 Å². The number of aromatic nitrogens is 3. The fourth-order valence-corrected chi connectivity index (χ4v) is 5.23. The van der Waals surface area contributed by atoms with Gasteiger partial charge in [-0.15, -0.1) is 10.2 Å². The van der Waals surface area contributed by atoms with E-state index in [1.807, 2.05) is 0 Å². The molecule has 0 aliphatic heterocycles. The number of hydrogen-bond acceptors (Lipinski definition) is 4. The number of carbonyl (C=O) groups excluding carboxylic acids is 1. The SMILES string of the molecule is CCc1cccc(CC)c1NC(=O)CCSc1nnc2cc(C)c3cc(C)cc(C)c3n12. The molecule has 4 rings (SSSR count). The molecule has 0 aliphatic carbocycles. The highest BCUT2D eigenvalue weighted by Crippen LogP contribution is 2.29. The molecule has 0 aliphatic rings. The summed E-state index contributed by atoms with van der Waals surface area (Å²) in [6.45, 7) is 10.6. The maximum atomic E-state index is 12.7. The second-order valence-corrected chi connectivity index (χ2v) is 9.35. The van der Waals surface area contributed by atoms with E-state index in [4.69, 9.17) is 0 Å². The molecule has 0 saturated heterocycles. The molecule has 2 heterocycles. The Labute approximate surface area is 193 Å². The van der Waals surface area contributed by atoms with Gasteiger partial charge in [0.25, 0.3) is 0 Å². The van der Waals surface area contributed by atoms with Crippen LogP contribution in [0.2, 0.25) is 0 Å². The number of rotatable bonds is 7. The van der Waals surface area contributed by atoms with Crippen molar-refractivity contribution in [2.45, 2.75) is 59.0 Å². The molecule has 0 saturated carbocycles. The molecule has 1 amide bonds. The van der Waals surface area contributed by atoms with E-state index in [9.17, 15) is 4.79 Å². The summed E-state index contributed by atoms with van der Waals surface area (Å²) >= 11 is 1.58. The van der Waals surface area contributed by atoms with Gasteiger partial charge >= 0.3 is 0 Å². The number of benzene rings is 2. The highest BCUT2D eigenvalue weighted by molar-refractivity contribution is 7.99. The van der Waals surface area contributed by atoms with Crippen LogP contribution in [0.15, 0.2) is 41.6 Å². The number of aryl methyl sites for hydroxylation is 5. The fraction of sp³-hybridized carbons (Fsp3) is 0.346. The van der Waals surface area contributed by atoms with E-state index < -0.39 is 0 Å². The lowest BCUT2D eigenvalue weighted by Crippen LogP contribution is -2.15. The molecule has 166 valence electrons. The van der Waals surface area contributed by atoms with E-state index >= 15 is 0 Å². The second kappa shape index (κ2) is 9.33. The Kier molecular flexibility index (Phi) is 6.51. The summed E-state index contributed by atoms with van der Waals surface area (Å²) in [5, 5.41) is 14.0. The number of anilines is 1. The standard InChI is InChI=1S/C26H30N4OS/c1-6-19-9-8-10-20(7-2)24(19)27-23(31)11-12-32-26-29-28-22-15-17(4)21-14-16(3)13-18(5)25(21)30(22)26/h8-10,13-15H,6-7,11-12H2,1-5H3,(H,27,31). The number of nitrogens with zero attached hydrogens (tertiary/aromatic N) is 3. The maximum Gasteiger partial charge on any atom is 0.225 e. The van der Waals surface area contributed by atoms with E-state index in [1.165, 1.54) is 33.2 Å². The van der Waals surface area contributed by atoms with E-state index in [2.05, 4.69) is 90.9 Å². The number of amides is 1. The second-order valence-electron chi connectivity index (χ2n) is 8.29. The molecule has 0 spiro atoms. The monoisotopic (exact) mass is 446 g/mol. The van der Waals surface area contributed by atoms with Crippen molar-refractivity contribution in [1.29, 1.82) is 0 Å². The molecule has 0 fully saturated rings. The van der Waals surface area contributed by atoms with Gasteiger partial charge in [0.1, 0.15) is 0 Å². The zero-order valence-corrected chi connectivity index (χ0v) is 20.3. The quantitative estimate of drug-likeness (QED) is 0.351. The van der Waals surface area contributed by atoms with Gasteiger partial charge in [-0.1, -0.05) is 55.4 Å². The molecule has 5 nitrogen and oxygen atoms in total. The topological polar surface area (TPSA) is 59.3 Å². The summed E-state index contributed by atoms with van der Waals surface area (Å²) in [7, 11) is 0. The average Bonchev–Trinajstić information content (AvgIpc) is 3.16. The summed E-state index contributed by atoms with van der Waals surface area (Å²) in [6, 6.07) is 12.7. The number of nitrogens with one attached hydrogen (secondary N) is 1. The predicted molar refractivity (Wildman–Crippen MR) is 134 cm³/mol. The first-order valence-electron chi connectivity index (χ1n) is 11.2. The third-order valence-corrected chi connectivity index (χ3v) is 6.85. The maximum absolute atomic E-state index is 12.7. The Bertz CT molecular complexity index is 1290. The molecule has 32 heavy (non-hydrogen) atoms. The molecule has 2 aromatic heterocycles. The van der Waals surface area contributed by atoms with Crippen molar-refractivity contribution in [3.8, 4) is 0 Å². The molecule has 4 aromatic rings. The number of fused-ring (bicyclic) bond motifs is 3. The smallest absolute Gasteiger partial charge is 0.225 e. The predicted octanol–water partition coefficient (Wildman–Crippen LogP) is 6.05. The van der Waals surface area contributed by atoms with Gasteiger partial charge < -0.3 is 5.32 Å². The lowest BCUT2D eigenvalue weighted by atomic mass is 10.0. The summed E-state index contributed by atoms with van der Waals surface area (Å²) in [4.78, 5) is 12.7. The summed E-state index contributed by atoms with van der Waals surface area (Å²) < 4.78 is 2.13. The van der Waals surface area contributed by atoms with Crippen molar-refractivity contribution in [2.75, 3.05) is 11.1 Å². The molecular weight excluding hydrogens is 416 g/mol. The minimum Gasteiger partial charge on any atom is -0.326 e. The van der Waals surface area contributed by atoms with Gasteiger partial charge in [0.05, 0.1) is 5.52 Å². The lowest BCUT2D eigenvalue weighted by Gasteiger charge is -2.14. The van der Waals surface area contributed by atoms with Crippen molar-refractivity contribution < 1.29 is 4.79 Å². The molecule has 0 radical (unpaired) electrons. The Morgan fingerprint density at radius 3 is 2.41 bits per heavy atom. The Balaban J connectivity index is 1.54. The minimum absolute atomic E-state index is 0.0365. The summed E-state index contributed by atoms with van der Waals surface area (Å²) in [5.74, 6) is 0.678. The van der Waals surface area contributed by atoms with Gasteiger partial charge in [-0.3, -0.25) is 9.20 Å². The van der Waals surface area contributed by atoms with Gasteiger partial charge in [-0.25, -0.2) is 0 Å². The third kappa shape index (κ3) is 4.24. The number of para-hydroxylation sites is 1. The Morgan fingerprint density at radius 2 is 1.72 bits per heavy atom. The van der Waals surface area contributed by atoms with Gasteiger partial charge in [0, 0.05) is 23.2 Å². The zero-order valence-electron chi connectivity index (χ0n) is 19.5. The van der Waals surface area contributed by atoms with E-state index in [1.54, 1.807) is 11.8 Å². The van der Waals surface area contributed by atoms with Crippen molar-refractivity contribution in [1.82, 2.24) is 14.6 Å². The van der Waals surface area contributed by atoms with Crippen LogP contribution in [0.4, 0.5) is 5.69 Å². The summed E-state index contributed by atoms with van der Waals surface area (Å²) in [5.41, 5.74) is 8.98. The first-order valence-corrected chi connectivity index (χ1v) is 12.2. The van der Waals surface area contributed by atoms with Crippen LogP contribution in [0.3, 0.4) is 0 Å². The molecule has 0 bridgehead atoms. The summed E-state index contributed by atoms with van der Waals surface area (Å²) in [6.07, 6.45) is 2.22. The van der Waals surface area contributed by atoms with Gasteiger partial charge in [-0.05, 0) is 68.0 Å². The lowest BCUT2D eigenvalue weighted by molar-refractivity contribution is -0.115. The van der Waals surface area contributed by atoms with Crippen molar-refractivity contribution in [3.05, 3.63) is 64.2 Å². The number of hydrogen-bond donors (Lipinski definition) is 1. The highest BCUT2D eigenvalue weighted by atomic mass is 32.2. The molecule has 0 unspecified atom stereocenters. The first kappa shape index (κ1) is 22.3. The van der Waals surface area contributed by atoms with Gasteiger partial charge in [-0.2, -0.15) is 0 Å². The normalized spacial score (nSPS) is 11.4. The average molecular weight is 447 g/mol. The largest absolute Gasteiger partial charge is 0.326 e. The molecular formula is C26H30N4OS.